The van der Waals surface area contributed by atoms with E-state index in [0.29, 0.717) is 0 Å². The fourth-order valence-electron chi connectivity index (χ4n) is 0.314. The Kier molecular flexibility index (Phi) is 3.51. The van der Waals surface area contributed by atoms with Gasteiger partial charge in [0.05, 0.1) is 7.11 Å². The highest BCUT2D eigenvalue weighted by Crippen LogP contribution is 1.91. The topological polar surface area (TPSA) is 46.5 Å². The van der Waals surface area contributed by atoms with Crippen LogP contribution in [0.2, 0.25) is 0 Å². The lowest BCUT2D eigenvalue weighted by atomic mass is 10.3. The Morgan fingerprint density at radius 1 is 1.78 bits per heavy atom. The molecule has 9 heavy (non-hydrogen) atoms. The Balaban J connectivity index is 3.56. The molecule has 3 heteroatoms. The summed E-state index contributed by atoms with van der Waals surface area (Å²) < 4.78 is 4.36. The van der Waals surface area contributed by atoms with Crippen molar-refractivity contribution in [2.75, 3.05) is 7.11 Å². The molecule has 0 spiro atoms. The molecule has 0 saturated carbocycles. The first kappa shape index (κ1) is 8.01. The second kappa shape index (κ2) is 3.95. The smallest absolute Gasteiger partial charge is 0.272 e. The van der Waals surface area contributed by atoms with E-state index in [9.17, 15) is 4.79 Å². The number of aliphatic hydroxyl groups is 1. The van der Waals surface area contributed by atoms with Crippen LogP contribution in [0.4, 0.5) is 0 Å². The maximum atomic E-state index is 10.3. The SMILES string of the molecule is CO/C(O)=C/CC(C)=O. The lowest BCUT2D eigenvalue weighted by Crippen LogP contribution is -1.89. The van der Waals surface area contributed by atoms with E-state index in [0.717, 1.165) is 0 Å². The van der Waals surface area contributed by atoms with Gasteiger partial charge in [0.2, 0.25) is 0 Å². The van der Waals surface area contributed by atoms with Crippen molar-refractivity contribution < 1.29 is 14.6 Å². The summed E-state index contributed by atoms with van der Waals surface area (Å²) in [4.78, 5) is 10.3. The molecule has 1 N–H and O–H groups in total. The summed E-state index contributed by atoms with van der Waals surface area (Å²) in [5.74, 6) is -0.205. The second-order valence-electron chi connectivity index (χ2n) is 1.65. The molecule has 0 aromatic rings. The molecule has 0 fully saturated rings. The van der Waals surface area contributed by atoms with Crippen molar-refractivity contribution in [2.45, 2.75) is 13.3 Å². The van der Waals surface area contributed by atoms with Crippen molar-refractivity contribution in [3.63, 3.8) is 0 Å². The molecule has 0 aliphatic rings. The van der Waals surface area contributed by atoms with E-state index in [1.165, 1.54) is 20.1 Å². The van der Waals surface area contributed by atoms with Gasteiger partial charge < -0.3 is 9.84 Å². The first-order valence-corrected chi connectivity index (χ1v) is 2.59. The molecule has 0 unspecified atom stereocenters. The standard InChI is InChI=1S/C6H10O3/c1-5(7)3-4-6(8)9-2/h4,8H,3H2,1-2H3/b6-4+. The molecule has 0 saturated heterocycles. The van der Waals surface area contributed by atoms with Crippen molar-refractivity contribution in [3.8, 4) is 0 Å². The maximum Gasteiger partial charge on any atom is 0.272 e. The second-order valence-corrected chi connectivity index (χ2v) is 1.65. The summed E-state index contributed by atoms with van der Waals surface area (Å²) in [6.45, 7) is 1.44. The van der Waals surface area contributed by atoms with E-state index in [2.05, 4.69) is 4.74 Å². The highest BCUT2D eigenvalue weighted by molar-refractivity contribution is 5.76. The molecular formula is C6H10O3. The van der Waals surface area contributed by atoms with Crippen LogP contribution in [0, 0.1) is 0 Å². The molecule has 0 heterocycles. The first-order chi connectivity index (χ1) is 4.16. The van der Waals surface area contributed by atoms with E-state index in [-0.39, 0.29) is 18.1 Å². The summed E-state index contributed by atoms with van der Waals surface area (Å²) in [5.41, 5.74) is 0. The van der Waals surface area contributed by atoms with Gasteiger partial charge in [-0.1, -0.05) is 0 Å². The monoisotopic (exact) mass is 130 g/mol. The predicted molar refractivity (Wildman–Crippen MR) is 33.0 cm³/mol. The van der Waals surface area contributed by atoms with Crippen LogP contribution in [0.3, 0.4) is 0 Å². The van der Waals surface area contributed by atoms with Crippen molar-refractivity contribution in [1.29, 1.82) is 0 Å². The molecule has 0 bridgehead atoms. The van der Waals surface area contributed by atoms with Crippen LogP contribution in [0.1, 0.15) is 13.3 Å². The Morgan fingerprint density at radius 2 is 2.33 bits per heavy atom. The molecule has 0 aliphatic carbocycles. The summed E-state index contributed by atoms with van der Waals surface area (Å²) in [5, 5.41) is 8.59. The van der Waals surface area contributed by atoms with E-state index >= 15 is 0 Å². The minimum Gasteiger partial charge on any atom is -0.481 e. The number of hydrogen-bond acceptors (Lipinski definition) is 3. The van der Waals surface area contributed by atoms with Crippen molar-refractivity contribution in [1.82, 2.24) is 0 Å². The number of methoxy groups -OCH3 is 1. The summed E-state index contributed by atoms with van der Waals surface area (Å²) >= 11 is 0. The third kappa shape index (κ3) is 4.87. The van der Waals surface area contributed by atoms with Gasteiger partial charge in [-0.05, 0) is 6.92 Å². The van der Waals surface area contributed by atoms with E-state index in [4.69, 9.17) is 5.11 Å². The molecule has 0 atom stereocenters. The van der Waals surface area contributed by atoms with Gasteiger partial charge in [0.1, 0.15) is 5.78 Å². The molecule has 0 amide bonds. The van der Waals surface area contributed by atoms with Crippen molar-refractivity contribution in [2.24, 2.45) is 0 Å². The summed E-state index contributed by atoms with van der Waals surface area (Å²) in [7, 11) is 1.34. The molecule has 52 valence electrons. The molecule has 0 rings (SSSR count). The Morgan fingerprint density at radius 3 is 2.67 bits per heavy atom. The zero-order valence-corrected chi connectivity index (χ0v) is 5.55. The molecule has 0 radical (unpaired) electrons. The summed E-state index contributed by atoms with van der Waals surface area (Å²) in [6.07, 6.45) is 1.54. The lowest BCUT2D eigenvalue weighted by Gasteiger charge is -1.93. The van der Waals surface area contributed by atoms with Crippen molar-refractivity contribution in [3.05, 3.63) is 12.0 Å². The van der Waals surface area contributed by atoms with Gasteiger partial charge in [0, 0.05) is 12.5 Å². The third-order valence-corrected chi connectivity index (χ3v) is 0.773. The highest BCUT2D eigenvalue weighted by Gasteiger charge is 1.90. The zero-order chi connectivity index (χ0) is 7.28. The number of ketones is 1. The van der Waals surface area contributed by atoms with E-state index in [1.54, 1.807) is 0 Å². The Bertz CT molecular complexity index is 126. The van der Waals surface area contributed by atoms with Crippen molar-refractivity contribution >= 4 is 5.78 Å². The van der Waals surface area contributed by atoms with Crippen LogP contribution < -0.4 is 0 Å². The fourth-order valence-corrected chi connectivity index (χ4v) is 0.314. The number of Topliss-reactive ketones (excluding diaryl/α,β-unsaturated/α-hetero) is 1. The fraction of sp³-hybridized carbons (Fsp3) is 0.500. The predicted octanol–water partition coefficient (Wildman–Crippen LogP) is 1.01. The molecule has 0 aromatic heterocycles. The minimum atomic E-state index is -0.204. The van der Waals surface area contributed by atoms with Gasteiger partial charge in [-0.3, -0.25) is 4.79 Å². The number of hydrogen-bond donors (Lipinski definition) is 1. The Labute approximate surface area is 53.9 Å². The minimum absolute atomic E-state index is 0.00130. The van der Waals surface area contributed by atoms with Crippen LogP contribution in [0.25, 0.3) is 0 Å². The average Bonchev–Trinajstić information content (AvgIpc) is 1.83. The molecular weight excluding hydrogens is 120 g/mol. The number of rotatable bonds is 3. The highest BCUT2D eigenvalue weighted by atomic mass is 16.6. The normalized spacial score (nSPS) is 11.1. The van der Waals surface area contributed by atoms with Crippen LogP contribution in [0.15, 0.2) is 12.0 Å². The quantitative estimate of drug-likeness (QED) is 0.580. The zero-order valence-electron chi connectivity index (χ0n) is 5.55. The molecule has 0 aliphatic heterocycles. The van der Waals surface area contributed by atoms with Crippen LogP contribution in [0.5, 0.6) is 0 Å². The lowest BCUT2D eigenvalue weighted by molar-refractivity contribution is -0.116. The first-order valence-electron chi connectivity index (χ1n) is 2.59. The number of aliphatic hydroxyl groups excluding tert-OH is 1. The number of carbonyl (C=O) groups excluding carboxylic acids is 1. The van der Waals surface area contributed by atoms with E-state index in [1.807, 2.05) is 0 Å². The van der Waals surface area contributed by atoms with Crippen LogP contribution in [-0.2, 0) is 9.53 Å². The third-order valence-electron chi connectivity index (χ3n) is 0.773. The van der Waals surface area contributed by atoms with Crippen LogP contribution >= 0.6 is 0 Å². The number of carbonyl (C=O) groups is 1. The van der Waals surface area contributed by atoms with Gasteiger partial charge in [0.15, 0.2) is 0 Å². The van der Waals surface area contributed by atoms with Gasteiger partial charge in [-0.2, -0.15) is 0 Å². The number of allylic oxidation sites excluding steroid dienone is 1. The van der Waals surface area contributed by atoms with Crippen LogP contribution in [-0.4, -0.2) is 18.0 Å². The van der Waals surface area contributed by atoms with Gasteiger partial charge in [-0.25, -0.2) is 0 Å². The molecule has 3 nitrogen and oxygen atoms in total. The summed E-state index contributed by atoms with van der Waals surface area (Å²) in [6, 6.07) is 0. The average molecular weight is 130 g/mol. The van der Waals surface area contributed by atoms with Gasteiger partial charge in [0.25, 0.3) is 5.95 Å². The largest absolute Gasteiger partial charge is 0.481 e. The van der Waals surface area contributed by atoms with Gasteiger partial charge >= 0.3 is 0 Å². The Hall–Kier alpha value is -0.990. The van der Waals surface area contributed by atoms with E-state index < -0.39 is 0 Å². The maximum absolute atomic E-state index is 10.3. The van der Waals surface area contributed by atoms with Gasteiger partial charge in [-0.15, -0.1) is 0 Å². The molecule has 0 aromatic carbocycles. The number of ether oxygens (including phenoxy) is 1.